The number of rotatable bonds is 41. The molecule has 1 saturated heterocycles. The van der Waals surface area contributed by atoms with Gasteiger partial charge in [-0.2, -0.15) is 0 Å². The normalized spacial score (nSPS) is 27.7. The summed E-state index contributed by atoms with van der Waals surface area (Å²) >= 11 is 0. The van der Waals surface area contributed by atoms with Crippen molar-refractivity contribution in [1.29, 1.82) is 0 Å². The van der Waals surface area contributed by atoms with Gasteiger partial charge in [-0.1, -0.05) is 181 Å². The van der Waals surface area contributed by atoms with Crippen LogP contribution in [0.3, 0.4) is 0 Å². The van der Waals surface area contributed by atoms with Crippen LogP contribution in [-0.4, -0.2) is 151 Å². The van der Waals surface area contributed by atoms with Gasteiger partial charge in [-0.3, -0.25) is 18.6 Å². The number of phosphoric acid groups is 1. The first-order valence-corrected chi connectivity index (χ1v) is 27.9. The molecule has 13 atom stereocenters. The van der Waals surface area contributed by atoms with Gasteiger partial charge in [-0.25, -0.2) is 4.57 Å². The second-order valence-electron chi connectivity index (χ2n) is 19.1. The molecule has 6 unspecified atom stereocenters. The highest BCUT2D eigenvalue weighted by Gasteiger charge is 2.55. The summed E-state index contributed by atoms with van der Waals surface area (Å²) in [5.74, 6) is -1.20. The molecule has 18 nitrogen and oxygen atoms in total. The number of ether oxygens (including phenoxy) is 4. The van der Waals surface area contributed by atoms with Crippen molar-refractivity contribution in [2.45, 2.75) is 280 Å². The lowest BCUT2D eigenvalue weighted by Crippen LogP contribution is -2.67. The molecule has 1 saturated carbocycles. The summed E-state index contributed by atoms with van der Waals surface area (Å²) in [6.45, 7) is 2.25. The monoisotopic (exact) mass is 1000 g/mol. The van der Waals surface area contributed by atoms with E-state index in [9.17, 15) is 59.9 Å². The van der Waals surface area contributed by atoms with E-state index in [2.05, 4.69) is 13.8 Å². The van der Waals surface area contributed by atoms with Crippen LogP contribution in [0.5, 0.6) is 0 Å². The van der Waals surface area contributed by atoms with Gasteiger partial charge >= 0.3 is 19.8 Å². The zero-order valence-electron chi connectivity index (χ0n) is 41.4. The Morgan fingerprint density at radius 2 is 0.882 bits per heavy atom. The summed E-state index contributed by atoms with van der Waals surface area (Å²) < 4.78 is 45.5. The fraction of sp³-hybridized carbons (Fsp3) is 0.959. The third-order valence-electron chi connectivity index (χ3n) is 13.1. The lowest BCUT2D eigenvalue weighted by molar-refractivity contribution is -0.338. The van der Waals surface area contributed by atoms with E-state index < -0.39 is 113 Å². The van der Waals surface area contributed by atoms with Crippen molar-refractivity contribution < 1.29 is 87.9 Å². The van der Waals surface area contributed by atoms with Gasteiger partial charge < -0.3 is 64.7 Å². The van der Waals surface area contributed by atoms with Crippen LogP contribution in [-0.2, 0) is 42.1 Å². The molecule has 0 aromatic carbocycles. The standard InChI is InChI=1S/C49H93O18P/c1-3-5-7-9-11-13-15-17-18-20-21-23-25-27-29-31-38(51)62-34-36(64-39(52)32-30-28-26-24-22-19-16-14-12-10-8-6-4-2)35-63-68(60,61)67-48-45(58)43(56)42(55)44(57)47(48)66-49-46(59)41(54)40(53)37(33-50)65-49/h36-37,40-50,53-59H,3-35H2,1-2H3,(H,60,61)/t36-,37?,40-,41?,42-,43?,44?,45?,46-,47-,48-,49-/m1/s1. The van der Waals surface area contributed by atoms with E-state index in [0.29, 0.717) is 12.8 Å². The van der Waals surface area contributed by atoms with Crippen molar-refractivity contribution in [3.8, 4) is 0 Å². The van der Waals surface area contributed by atoms with Crippen molar-refractivity contribution in [2.24, 2.45) is 0 Å². The smallest absolute Gasteiger partial charge is 0.462 e. The van der Waals surface area contributed by atoms with Crippen molar-refractivity contribution in [2.75, 3.05) is 19.8 Å². The van der Waals surface area contributed by atoms with Crippen LogP contribution in [0, 0.1) is 0 Å². The molecule has 2 fully saturated rings. The van der Waals surface area contributed by atoms with Crippen LogP contribution >= 0.6 is 7.82 Å². The van der Waals surface area contributed by atoms with Gasteiger partial charge in [0.15, 0.2) is 12.4 Å². The molecule has 0 aromatic heterocycles. The zero-order valence-corrected chi connectivity index (χ0v) is 42.3. The Morgan fingerprint density at radius 3 is 1.31 bits per heavy atom. The average molecular weight is 1000 g/mol. The van der Waals surface area contributed by atoms with Crippen molar-refractivity contribution in [3.05, 3.63) is 0 Å². The van der Waals surface area contributed by atoms with Gasteiger partial charge in [0.25, 0.3) is 0 Å². The van der Waals surface area contributed by atoms with Gasteiger partial charge in [0.2, 0.25) is 0 Å². The van der Waals surface area contributed by atoms with Crippen LogP contribution in [0.4, 0.5) is 0 Å². The third kappa shape index (κ3) is 25.9. The molecular formula is C49H93O18P. The summed E-state index contributed by atoms with van der Waals surface area (Å²) in [6, 6.07) is 0. The molecule has 2 rings (SSSR count). The van der Waals surface area contributed by atoms with Gasteiger partial charge in [-0.05, 0) is 12.8 Å². The van der Waals surface area contributed by atoms with Crippen LogP contribution in [0.1, 0.15) is 206 Å². The molecule has 0 bridgehead atoms. The highest BCUT2D eigenvalue weighted by Crippen LogP contribution is 2.48. The molecule has 0 amide bonds. The number of aliphatic hydroxyl groups excluding tert-OH is 8. The number of unbranched alkanes of at least 4 members (excludes halogenated alkanes) is 26. The molecule has 0 aromatic rings. The number of esters is 2. The van der Waals surface area contributed by atoms with Crippen LogP contribution < -0.4 is 0 Å². The van der Waals surface area contributed by atoms with Crippen molar-refractivity contribution in [3.63, 3.8) is 0 Å². The molecule has 2 aliphatic rings. The number of hydrogen-bond acceptors (Lipinski definition) is 17. The molecule has 68 heavy (non-hydrogen) atoms. The lowest BCUT2D eigenvalue weighted by atomic mass is 9.84. The molecule has 19 heteroatoms. The predicted molar refractivity (Wildman–Crippen MR) is 254 cm³/mol. The van der Waals surface area contributed by atoms with E-state index in [1.54, 1.807) is 0 Å². The van der Waals surface area contributed by atoms with Crippen LogP contribution in [0.2, 0.25) is 0 Å². The maximum atomic E-state index is 13.4. The Hall–Kier alpha value is -1.35. The van der Waals surface area contributed by atoms with E-state index >= 15 is 0 Å². The maximum absolute atomic E-state index is 13.4. The lowest BCUT2D eigenvalue weighted by Gasteiger charge is -2.47. The van der Waals surface area contributed by atoms with Crippen LogP contribution in [0.15, 0.2) is 0 Å². The highest BCUT2D eigenvalue weighted by molar-refractivity contribution is 7.47. The van der Waals surface area contributed by atoms with E-state index in [1.807, 2.05) is 0 Å². The molecule has 1 heterocycles. The first-order valence-electron chi connectivity index (χ1n) is 26.4. The topological polar surface area (TPSA) is 289 Å². The maximum Gasteiger partial charge on any atom is 0.472 e. The van der Waals surface area contributed by atoms with Gasteiger partial charge in [0.1, 0.15) is 67.6 Å². The summed E-state index contributed by atoms with van der Waals surface area (Å²) in [4.78, 5) is 36.6. The molecular weight excluding hydrogens is 907 g/mol. The van der Waals surface area contributed by atoms with Crippen molar-refractivity contribution in [1.82, 2.24) is 0 Å². The van der Waals surface area contributed by atoms with Crippen LogP contribution in [0.25, 0.3) is 0 Å². The number of aliphatic hydroxyl groups is 8. The minimum Gasteiger partial charge on any atom is -0.462 e. The minimum absolute atomic E-state index is 0.0396. The largest absolute Gasteiger partial charge is 0.472 e. The average Bonchev–Trinajstić information content (AvgIpc) is 3.32. The molecule has 9 N–H and O–H groups in total. The molecule has 1 aliphatic carbocycles. The van der Waals surface area contributed by atoms with E-state index in [4.69, 9.17) is 28.0 Å². The van der Waals surface area contributed by atoms with Gasteiger partial charge in [0.05, 0.1) is 13.2 Å². The quantitative estimate of drug-likeness (QED) is 0.0184. The van der Waals surface area contributed by atoms with E-state index in [0.717, 1.165) is 51.4 Å². The number of hydrogen-bond donors (Lipinski definition) is 9. The predicted octanol–water partition coefficient (Wildman–Crippen LogP) is 6.33. The Kier molecular flexibility index (Phi) is 34.5. The molecule has 402 valence electrons. The van der Waals surface area contributed by atoms with Gasteiger partial charge in [-0.15, -0.1) is 0 Å². The fourth-order valence-electron chi connectivity index (χ4n) is 8.70. The molecule has 1 aliphatic heterocycles. The second kappa shape index (κ2) is 37.4. The third-order valence-corrected chi connectivity index (χ3v) is 14.0. The SMILES string of the molecule is CCCCCCCCCCCCCCCCCC(=O)OC[C@H](COP(=O)(O)O[C@@H]1C(O)C(O)[C@@H](O)C(O)[C@H]1O[C@H]1OC(CO)[C@@H](O)C(O)[C@H]1O)OC(=O)CCCCCCCCCCCCCCC. The summed E-state index contributed by atoms with van der Waals surface area (Å²) in [6.07, 6.45) is 8.94. The fourth-order valence-corrected chi connectivity index (χ4v) is 9.67. The summed E-state index contributed by atoms with van der Waals surface area (Å²) in [7, 11) is -5.37. The first-order chi connectivity index (χ1) is 32.7. The Labute approximate surface area is 406 Å². The highest BCUT2D eigenvalue weighted by atomic mass is 31.2. The molecule has 0 spiro atoms. The van der Waals surface area contributed by atoms with Gasteiger partial charge in [0, 0.05) is 12.8 Å². The summed E-state index contributed by atoms with van der Waals surface area (Å²) in [5, 5.41) is 83.0. The second-order valence-corrected chi connectivity index (χ2v) is 20.5. The molecule has 0 radical (unpaired) electrons. The number of phosphoric ester groups is 1. The Bertz CT molecular complexity index is 1330. The Morgan fingerprint density at radius 1 is 0.500 bits per heavy atom. The minimum atomic E-state index is -5.37. The summed E-state index contributed by atoms with van der Waals surface area (Å²) in [5.41, 5.74) is 0. The number of carbonyl (C=O) groups excluding carboxylic acids is 2. The van der Waals surface area contributed by atoms with E-state index in [1.165, 1.54) is 116 Å². The first kappa shape index (κ1) is 62.8. The van der Waals surface area contributed by atoms with Crippen molar-refractivity contribution >= 4 is 19.8 Å². The number of carbonyl (C=O) groups is 2. The zero-order chi connectivity index (χ0) is 50.2. The Balaban J connectivity index is 1.92. The van der Waals surface area contributed by atoms with E-state index in [-0.39, 0.29) is 12.8 Å².